The lowest BCUT2D eigenvalue weighted by Crippen LogP contribution is -2.72. The number of carbonyl (C=O) groups is 2. The maximum absolute atomic E-state index is 13.8. The van der Waals surface area contributed by atoms with Gasteiger partial charge >= 0.3 is 18.8 Å². The van der Waals surface area contributed by atoms with Gasteiger partial charge in [-0.1, -0.05) is 24.3 Å². The summed E-state index contributed by atoms with van der Waals surface area (Å²) in [7, 11) is 0. The van der Waals surface area contributed by atoms with E-state index in [1.54, 1.807) is 0 Å². The van der Waals surface area contributed by atoms with E-state index in [0.717, 1.165) is 23.5 Å². The van der Waals surface area contributed by atoms with Crippen LogP contribution in [0.5, 0.6) is 5.75 Å². The summed E-state index contributed by atoms with van der Waals surface area (Å²) in [6.07, 6.45) is -5.45. The van der Waals surface area contributed by atoms with Gasteiger partial charge in [0.1, 0.15) is 11.7 Å². The van der Waals surface area contributed by atoms with Crippen molar-refractivity contribution < 1.29 is 41.4 Å². The van der Waals surface area contributed by atoms with Gasteiger partial charge in [0.2, 0.25) is 5.72 Å². The lowest BCUT2D eigenvalue weighted by molar-refractivity contribution is -0.287. The van der Waals surface area contributed by atoms with Crippen LogP contribution in [0.15, 0.2) is 41.8 Å². The first-order valence-electron chi connectivity index (χ1n) is 8.04. The second-order valence-electron chi connectivity index (χ2n) is 6.08. The van der Waals surface area contributed by atoms with Crippen molar-refractivity contribution in [3.63, 3.8) is 0 Å². The molecule has 1 fully saturated rings. The predicted octanol–water partition coefficient (Wildman–Crippen LogP) is 3.45. The minimum absolute atomic E-state index is 0.118. The van der Waals surface area contributed by atoms with E-state index in [1.807, 2.05) is 0 Å². The van der Waals surface area contributed by atoms with Crippen LogP contribution in [-0.4, -0.2) is 35.4 Å². The van der Waals surface area contributed by atoms with Crippen molar-refractivity contribution in [1.82, 2.24) is 10.6 Å². The van der Waals surface area contributed by atoms with Crippen LogP contribution in [-0.2, 0) is 0 Å². The molecule has 2 aromatic rings. The van der Waals surface area contributed by atoms with E-state index in [9.17, 15) is 36.6 Å². The van der Waals surface area contributed by atoms with Crippen molar-refractivity contribution in [2.75, 3.05) is 0 Å². The molecule has 1 aliphatic rings. The number of thiophene rings is 1. The Balaban J connectivity index is 2.18. The average Bonchev–Trinajstić information content (AvgIpc) is 3.14. The van der Waals surface area contributed by atoms with Gasteiger partial charge < -0.3 is 20.5 Å². The van der Waals surface area contributed by atoms with Crippen LogP contribution in [0, 0.1) is 5.92 Å². The van der Waals surface area contributed by atoms with Gasteiger partial charge in [0.05, 0.1) is 10.9 Å². The molecule has 2 amide bonds. The first kappa shape index (κ1) is 21.0. The number of carbonyl (C=O) groups excluding carboxylic acids is 2. The smallest absolute Gasteiger partial charge is 0.434 e. The molecule has 0 spiro atoms. The van der Waals surface area contributed by atoms with Crippen LogP contribution in [0.4, 0.5) is 26.7 Å². The Morgan fingerprint density at radius 3 is 2.48 bits per heavy atom. The zero-order valence-corrected chi connectivity index (χ0v) is 15.1. The normalized spacial score (nSPS) is 24.7. The number of para-hydroxylation sites is 1. The van der Waals surface area contributed by atoms with Crippen LogP contribution in [0.2, 0.25) is 0 Å². The zero-order valence-electron chi connectivity index (χ0n) is 14.2. The fourth-order valence-electron chi connectivity index (χ4n) is 3.11. The third-order valence-electron chi connectivity index (χ3n) is 4.32. The number of halogens is 5. The van der Waals surface area contributed by atoms with Gasteiger partial charge in [-0.3, -0.25) is 4.79 Å². The molecule has 1 aliphatic heterocycles. The van der Waals surface area contributed by atoms with Crippen LogP contribution < -0.4 is 15.4 Å². The molecule has 2 heterocycles. The van der Waals surface area contributed by atoms with Crippen molar-refractivity contribution >= 4 is 23.2 Å². The lowest BCUT2D eigenvalue weighted by Gasteiger charge is -2.45. The first-order chi connectivity index (χ1) is 13.5. The van der Waals surface area contributed by atoms with Crippen LogP contribution >= 0.6 is 11.3 Å². The molecule has 0 bridgehead atoms. The topological polar surface area (TPSA) is 87.7 Å². The molecule has 6 nitrogen and oxygen atoms in total. The number of aliphatic hydroxyl groups is 1. The molecule has 0 saturated carbocycles. The molecule has 3 atom stereocenters. The summed E-state index contributed by atoms with van der Waals surface area (Å²) >= 11 is 0.829. The summed E-state index contributed by atoms with van der Waals surface area (Å²) in [5, 5.41) is 15.3. The fourth-order valence-corrected chi connectivity index (χ4v) is 3.82. The Labute approximate surface area is 164 Å². The fraction of sp³-hybridized carbons (Fsp3) is 0.294. The number of amides is 2. The molecule has 3 N–H and O–H groups in total. The Morgan fingerprint density at radius 2 is 1.90 bits per heavy atom. The van der Waals surface area contributed by atoms with E-state index in [-0.39, 0.29) is 10.4 Å². The third kappa shape index (κ3) is 3.90. The maximum atomic E-state index is 13.8. The number of rotatable bonds is 5. The number of alkyl halides is 5. The Morgan fingerprint density at radius 1 is 1.21 bits per heavy atom. The number of hydrogen-bond donors (Lipinski definition) is 3. The summed E-state index contributed by atoms with van der Waals surface area (Å²) in [5.74, 6) is -3.99. The largest absolute Gasteiger partial charge is 0.437 e. The number of nitrogens with one attached hydrogen (secondary N) is 2. The average molecular weight is 436 g/mol. The van der Waals surface area contributed by atoms with E-state index in [0.29, 0.717) is 0 Å². The number of hydrogen-bond acceptors (Lipinski definition) is 5. The Kier molecular flexibility index (Phi) is 5.50. The van der Waals surface area contributed by atoms with E-state index in [4.69, 9.17) is 0 Å². The Hall–Kier alpha value is -2.73. The third-order valence-corrected chi connectivity index (χ3v) is 5.21. The molecule has 0 radical (unpaired) electrons. The van der Waals surface area contributed by atoms with Gasteiger partial charge in [-0.15, -0.1) is 11.3 Å². The molecular formula is C17H13F5N2O4S. The van der Waals surface area contributed by atoms with Gasteiger partial charge in [-0.25, -0.2) is 4.79 Å². The highest BCUT2D eigenvalue weighted by Crippen LogP contribution is 2.46. The number of ketones is 1. The van der Waals surface area contributed by atoms with Crippen molar-refractivity contribution in [2.45, 2.75) is 24.6 Å². The van der Waals surface area contributed by atoms with Crippen LogP contribution in [0.3, 0.4) is 0 Å². The molecule has 1 aromatic carbocycles. The molecule has 0 unspecified atom stereocenters. The zero-order chi connectivity index (χ0) is 21.4. The quantitative estimate of drug-likeness (QED) is 0.495. The molecule has 3 rings (SSSR count). The first-order valence-corrected chi connectivity index (χ1v) is 8.92. The van der Waals surface area contributed by atoms with E-state index in [2.05, 4.69) is 10.1 Å². The van der Waals surface area contributed by atoms with Gasteiger partial charge in [-0.05, 0) is 17.5 Å². The van der Waals surface area contributed by atoms with E-state index < -0.39 is 48.0 Å². The second kappa shape index (κ2) is 7.59. The van der Waals surface area contributed by atoms with Crippen molar-refractivity contribution in [3.05, 3.63) is 52.2 Å². The minimum Gasteiger partial charge on any atom is -0.434 e. The number of benzene rings is 1. The molecule has 1 aromatic heterocycles. The van der Waals surface area contributed by atoms with Crippen molar-refractivity contribution in [3.8, 4) is 5.75 Å². The molecule has 1 saturated heterocycles. The highest BCUT2D eigenvalue weighted by atomic mass is 32.1. The summed E-state index contributed by atoms with van der Waals surface area (Å²) in [6.45, 7) is -3.30. The van der Waals surface area contributed by atoms with Gasteiger partial charge in [0, 0.05) is 5.56 Å². The minimum atomic E-state index is -5.45. The molecule has 29 heavy (non-hydrogen) atoms. The summed E-state index contributed by atoms with van der Waals surface area (Å²) in [6, 6.07) is 4.20. The summed E-state index contributed by atoms with van der Waals surface area (Å²) < 4.78 is 71.1. The van der Waals surface area contributed by atoms with Crippen molar-refractivity contribution in [2.24, 2.45) is 5.92 Å². The van der Waals surface area contributed by atoms with E-state index >= 15 is 0 Å². The SMILES string of the molecule is O=C1N[C@H](c2ccccc2OC(F)F)[C@H](C(=O)c2cccs2)[C@](O)(C(F)(F)F)N1. The lowest BCUT2D eigenvalue weighted by atomic mass is 9.78. The predicted molar refractivity (Wildman–Crippen MR) is 90.6 cm³/mol. The van der Waals surface area contributed by atoms with Crippen LogP contribution in [0.1, 0.15) is 21.3 Å². The molecule has 156 valence electrons. The maximum Gasteiger partial charge on any atom is 0.437 e. The highest BCUT2D eigenvalue weighted by Gasteiger charge is 2.66. The molecule has 12 heteroatoms. The van der Waals surface area contributed by atoms with Gasteiger partial charge in [0.15, 0.2) is 5.78 Å². The van der Waals surface area contributed by atoms with Gasteiger partial charge in [-0.2, -0.15) is 22.0 Å². The summed E-state index contributed by atoms with van der Waals surface area (Å²) in [4.78, 5) is 24.7. The highest BCUT2D eigenvalue weighted by molar-refractivity contribution is 7.12. The number of Topliss-reactive ketones (excluding diaryl/α,β-unsaturated/α-hetero) is 1. The Bertz CT molecular complexity index is 905. The second-order valence-corrected chi connectivity index (χ2v) is 7.02. The molecular weight excluding hydrogens is 423 g/mol. The standard InChI is InChI=1S/C17H13F5N2O4S/c18-14(19)28-9-5-2-1-4-8(9)12-11(13(25)10-6-3-7-29-10)16(27,17(20,21)22)24-15(26)23-12/h1-7,11-12,14,27H,(H2,23,24,26)/t11-,12-,16+/m1/s1. The van der Waals surface area contributed by atoms with Crippen LogP contribution in [0.25, 0.3) is 0 Å². The van der Waals surface area contributed by atoms with E-state index in [1.165, 1.54) is 35.0 Å². The molecule has 0 aliphatic carbocycles. The number of urea groups is 1. The number of ether oxygens (including phenoxy) is 1. The van der Waals surface area contributed by atoms with Crippen molar-refractivity contribution in [1.29, 1.82) is 0 Å². The monoisotopic (exact) mass is 436 g/mol. The summed E-state index contributed by atoms with van der Waals surface area (Å²) in [5.41, 5.74) is -4.26. The van der Waals surface area contributed by atoms with Gasteiger partial charge in [0.25, 0.3) is 0 Å².